The van der Waals surface area contributed by atoms with E-state index < -0.39 is 15.1 Å². The molecule has 0 unspecified atom stereocenters. The third-order valence-electron chi connectivity index (χ3n) is 4.33. The highest BCUT2D eigenvalue weighted by molar-refractivity contribution is 7.92. The molecule has 0 bridgehead atoms. The number of amides is 2. The third-order valence-corrected chi connectivity index (χ3v) is 6.47. The molecule has 3 rings (SSSR count). The molecule has 8 heteroatoms. The second kappa shape index (κ2) is 7.40. The Kier molecular flexibility index (Phi) is 5.18. The Morgan fingerprint density at radius 3 is 2.74 bits per heavy atom. The number of fused-ring (bicyclic) bond motifs is 1. The number of nitrogens with one attached hydrogen (secondary N) is 2. The molecule has 7 nitrogen and oxygen atoms in total. The van der Waals surface area contributed by atoms with Crippen molar-refractivity contribution in [2.24, 2.45) is 0 Å². The quantitative estimate of drug-likeness (QED) is 0.820. The van der Waals surface area contributed by atoms with Crippen LogP contribution in [0, 0.1) is 6.92 Å². The average Bonchev–Trinajstić information content (AvgIpc) is 2.62. The minimum atomic E-state index is -3.76. The zero-order valence-corrected chi connectivity index (χ0v) is 15.8. The van der Waals surface area contributed by atoms with Crippen LogP contribution in [0.1, 0.15) is 18.9 Å². The number of carbonyl (C=O) groups excluding carboxylic acids is 2. The van der Waals surface area contributed by atoms with Crippen molar-refractivity contribution in [1.29, 1.82) is 0 Å². The highest BCUT2D eigenvalue weighted by Crippen LogP contribution is 2.31. The molecule has 27 heavy (non-hydrogen) atoms. The van der Waals surface area contributed by atoms with Crippen LogP contribution in [-0.2, 0) is 19.4 Å². The summed E-state index contributed by atoms with van der Waals surface area (Å²) in [6, 6.07) is 11.6. The zero-order valence-electron chi connectivity index (χ0n) is 15.0. The molecule has 1 atom stereocenters. The molecule has 0 saturated heterocycles. The van der Waals surface area contributed by atoms with Gasteiger partial charge in [-0.2, -0.15) is 0 Å². The number of anilines is 2. The van der Waals surface area contributed by atoms with Crippen molar-refractivity contribution in [1.82, 2.24) is 0 Å². The summed E-state index contributed by atoms with van der Waals surface area (Å²) < 4.78 is 30.9. The normalized spacial score (nSPS) is 14.5. The van der Waals surface area contributed by atoms with E-state index in [4.69, 9.17) is 4.74 Å². The van der Waals surface area contributed by atoms with Crippen molar-refractivity contribution in [3.63, 3.8) is 0 Å². The van der Waals surface area contributed by atoms with Gasteiger partial charge in [0, 0.05) is 12.1 Å². The summed E-state index contributed by atoms with van der Waals surface area (Å²) in [5.41, 5.74) is 1.86. The Balaban J connectivity index is 1.74. The largest absolute Gasteiger partial charge is 0.482 e. The van der Waals surface area contributed by atoms with Gasteiger partial charge in [-0.25, -0.2) is 8.42 Å². The number of rotatable bonds is 5. The Hall–Kier alpha value is -2.87. The van der Waals surface area contributed by atoms with Gasteiger partial charge in [-0.05, 0) is 43.7 Å². The maximum Gasteiger partial charge on any atom is 0.262 e. The summed E-state index contributed by atoms with van der Waals surface area (Å²) >= 11 is 0. The van der Waals surface area contributed by atoms with Crippen LogP contribution in [0.5, 0.6) is 5.75 Å². The van der Waals surface area contributed by atoms with Crippen molar-refractivity contribution < 1.29 is 22.7 Å². The number of hydrogen-bond acceptors (Lipinski definition) is 5. The first-order valence-corrected chi connectivity index (χ1v) is 9.98. The van der Waals surface area contributed by atoms with Crippen LogP contribution in [0.4, 0.5) is 11.4 Å². The lowest BCUT2D eigenvalue weighted by atomic mass is 10.2. The average molecular weight is 388 g/mol. The minimum absolute atomic E-state index is 0.0308. The van der Waals surface area contributed by atoms with Gasteiger partial charge in [0.15, 0.2) is 16.4 Å². The molecule has 0 spiro atoms. The van der Waals surface area contributed by atoms with Gasteiger partial charge in [0.2, 0.25) is 5.91 Å². The van der Waals surface area contributed by atoms with E-state index in [-0.39, 0.29) is 29.7 Å². The number of aryl methyl sites for hydroxylation is 1. The van der Waals surface area contributed by atoms with Crippen LogP contribution in [0.2, 0.25) is 0 Å². The van der Waals surface area contributed by atoms with Crippen LogP contribution in [0.25, 0.3) is 0 Å². The molecule has 0 saturated carbocycles. The fourth-order valence-electron chi connectivity index (χ4n) is 2.76. The number of benzene rings is 2. The number of ether oxygens (including phenoxy) is 1. The van der Waals surface area contributed by atoms with Gasteiger partial charge in [-0.3, -0.25) is 9.59 Å². The summed E-state index contributed by atoms with van der Waals surface area (Å²) in [7, 11) is -3.76. The summed E-state index contributed by atoms with van der Waals surface area (Å²) in [5.74, 6) is -0.309. The van der Waals surface area contributed by atoms with Crippen LogP contribution < -0.4 is 15.4 Å². The van der Waals surface area contributed by atoms with E-state index in [1.54, 1.807) is 12.1 Å². The fourth-order valence-corrected chi connectivity index (χ4v) is 4.13. The van der Waals surface area contributed by atoms with Crippen molar-refractivity contribution in [2.75, 3.05) is 17.2 Å². The molecule has 2 N–H and O–H groups in total. The molecule has 0 aliphatic carbocycles. The van der Waals surface area contributed by atoms with E-state index in [0.29, 0.717) is 17.1 Å². The van der Waals surface area contributed by atoms with Gasteiger partial charge in [-0.15, -0.1) is 0 Å². The third kappa shape index (κ3) is 4.11. The van der Waals surface area contributed by atoms with Crippen LogP contribution in [-0.4, -0.2) is 32.1 Å². The number of sulfone groups is 1. The standard InChI is InChI=1S/C19H20N2O5S/c1-12-5-3-4-6-15(12)20-18(22)9-13(2)27(24,25)14-7-8-17-16(10-14)21-19(23)11-26-17/h3-8,10,13H,9,11H2,1-2H3,(H,20,22)(H,21,23)/t13-/m1/s1. The van der Waals surface area contributed by atoms with E-state index in [2.05, 4.69) is 10.6 Å². The molecule has 0 aromatic heterocycles. The molecule has 2 aromatic rings. The lowest BCUT2D eigenvalue weighted by Gasteiger charge is -2.19. The maximum absolute atomic E-state index is 12.8. The van der Waals surface area contributed by atoms with Gasteiger partial charge in [0.25, 0.3) is 5.91 Å². The second-order valence-corrected chi connectivity index (χ2v) is 8.78. The highest BCUT2D eigenvalue weighted by Gasteiger charge is 2.28. The van der Waals surface area contributed by atoms with E-state index in [1.165, 1.54) is 25.1 Å². The fraction of sp³-hybridized carbons (Fsp3) is 0.263. The molecule has 2 aromatic carbocycles. The van der Waals surface area contributed by atoms with Crippen molar-refractivity contribution in [3.05, 3.63) is 48.0 Å². The summed E-state index contributed by atoms with van der Waals surface area (Å²) in [6.45, 7) is 3.25. The van der Waals surface area contributed by atoms with Crippen LogP contribution >= 0.6 is 0 Å². The Bertz CT molecular complexity index is 1000. The molecular formula is C19H20N2O5S. The Morgan fingerprint density at radius 1 is 1.26 bits per heavy atom. The Labute approximate surface area is 157 Å². The minimum Gasteiger partial charge on any atom is -0.482 e. The van der Waals surface area contributed by atoms with E-state index in [0.717, 1.165) is 5.56 Å². The molecule has 2 amide bonds. The highest BCUT2D eigenvalue weighted by atomic mass is 32.2. The first-order chi connectivity index (χ1) is 12.8. The molecular weight excluding hydrogens is 368 g/mol. The van der Waals surface area contributed by atoms with Crippen LogP contribution in [0.3, 0.4) is 0 Å². The predicted molar refractivity (Wildman–Crippen MR) is 102 cm³/mol. The molecule has 0 radical (unpaired) electrons. The predicted octanol–water partition coefficient (Wildman–Crippen LogP) is 2.52. The van der Waals surface area contributed by atoms with Gasteiger partial charge in [0.05, 0.1) is 15.8 Å². The SMILES string of the molecule is Cc1ccccc1NC(=O)C[C@@H](C)S(=O)(=O)c1ccc2c(c1)NC(=O)CO2. The Morgan fingerprint density at radius 2 is 2.00 bits per heavy atom. The molecule has 1 heterocycles. The first kappa shape index (κ1) is 18.9. The molecule has 1 aliphatic rings. The summed E-state index contributed by atoms with van der Waals surface area (Å²) in [4.78, 5) is 23.7. The van der Waals surface area contributed by atoms with Crippen molar-refractivity contribution >= 4 is 33.0 Å². The smallest absolute Gasteiger partial charge is 0.262 e. The van der Waals surface area contributed by atoms with Crippen LogP contribution in [0.15, 0.2) is 47.4 Å². The van der Waals surface area contributed by atoms with Gasteiger partial charge >= 0.3 is 0 Å². The molecule has 1 aliphatic heterocycles. The lowest BCUT2D eigenvalue weighted by molar-refractivity contribution is -0.118. The molecule has 0 fully saturated rings. The topological polar surface area (TPSA) is 102 Å². The zero-order chi connectivity index (χ0) is 19.6. The van der Waals surface area contributed by atoms with Gasteiger partial charge in [0.1, 0.15) is 5.75 Å². The van der Waals surface area contributed by atoms with E-state index in [1.807, 2.05) is 19.1 Å². The summed E-state index contributed by atoms with van der Waals surface area (Å²) in [5, 5.41) is 4.39. The number of para-hydroxylation sites is 1. The van der Waals surface area contributed by atoms with Crippen molar-refractivity contribution in [3.8, 4) is 5.75 Å². The van der Waals surface area contributed by atoms with E-state index in [9.17, 15) is 18.0 Å². The monoisotopic (exact) mass is 388 g/mol. The summed E-state index contributed by atoms with van der Waals surface area (Å²) in [6.07, 6.45) is -0.184. The number of hydrogen-bond donors (Lipinski definition) is 2. The first-order valence-electron chi connectivity index (χ1n) is 8.43. The number of carbonyl (C=O) groups is 2. The second-order valence-electron chi connectivity index (χ2n) is 6.42. The van der Waals surface area contributed by atoms with Gasteiger partial charge in [-0.1, -0.05) is 18.2 Å². The molecule has 142 valence electrons. The lowest BCUT2D eigenvalue weighted by Crippen LogP contribution is -2.27. The maximum atomic E-state index is 12.8. The van der Waals surface area contributed by atoms with Gasteiger partial charge < -0.3 is 15.4 Å². The van der Waals surface area contributed by atoms with Crippen molar-refractivity contribution in [2.45, 2.75) is 30.4 Å². The van der Waals surface area contributed by atoms with E-state index >= 15 is 0 Å².